The number of halogens is 1. The SMILES string of the molecule is CCc1nn(C)c(CC(N)c2ccnc(C)n2)c1Br. The minimum absolute atomic E-state index is 0.155. The summed E-state index contributed by atoms with van der Waals surface area (Å²) >= 11 is 3.61. The van der Waals surface area contributed by atoms with E-state index in [1.807, 2.05) is 24.7 Å². The summed E-state index contributed by atoms with van der Waals surface area (Å²) in [6.45, 7) is 3.95. The van der Waals surface area contributed by atoms with Crippen molar-refractivity contribution in [2.75, 3.05) is 0 Å². The standard InChI is InChI=1S/C13H18BrN5/c1-4-10-13(14)12(19(3)18-10)7-9(15)11-5-6-16-8(2)17-11/h5-6,9H,4,7,15H2,1-3H3. The maximum atomic E-state index is 6.23. The Morgan fingerprint density at radius 2 is 2.21 bits per heavy atom. The zero-order valence-electron chi connectivity index (χ0n) is 11.4. The molecule has 0 aliphatic rings. The van der Waals surface area contributed by atoms with Crippen molar-refractivity contribution in [3.8, 4) is 0 Å². The number of hydrogen-bond acceptors (Lipinski definition) is 4. The second kappa shape index (κ2) is 5.79. The molecule has 2 heterocycles. The molecule has 2 aromatic heterocycles. The second-order valence-electron chi connectivity index (χ2n) is 4.52. The summed E-state index contributed by atoms with van der Waals surface area (Å²) in [5.74, 6) is 0.742. The van der Waals surface area contributed by atoms with Gasteiger partial charge in [0.05, 0.1) is 27.6 Å². The number of rotatable bonds is 4. The van der Waals surface area contributed by atoms with Crippen LogP contribution >= 0.6 is 15.9 Å². The smallest absolute Gasteiger partial charge is 0.125 e. The topological polar surface area (TPSA) is 69.6 Å². The number of nitrogens with two attached hydrogens (primary N) is 1. The molecule has 1 unspecified atom stereocenters. The maximum absolute atomic E-state index is 6.23. The first-order valence-corrected chi connectivity index (χ1v) is 7.07. The lowest BCUT2D eigenvalue weighted by atomic mass is 10.1. The van der Waals surface area contributed by atoms with Gasteiger partial charge in [-0.2, -0.15) is 5.10 Å². The lowest BCUT2D eigenvalue weighted by molar-refractivity contribution is 0.623. The lowest BCUT2D eigenvalue weighted by Crippen LogP contribution is -2.17. The Hall–Kier alpha value is -1.27. The van der Waals surface area contributed by atoms with E-state index < -0.39 is 0 Å². The quantitative estimate of drug-likeness (QED) is 0.935. The van der Waals surface area contributed by atoms with E-state index in [4.69, 9.17) is 5.73 Å². The minimum atomic E-state index is -0.155. The molecule has 0 fully saturated rings. The summed E-state index contributed by atoms with van der Waals surface area (Å²) in [5.41, 5.74) is 9.25. The Morgan fingerprint density at radius 3 is 2.79 bits per heavy atom. The molecule has 0 saturated carbocycles. The molecular weight excluding hydrogens is 306 g/mol. The minimum Gasteiger partial charge on any atom is -0.322 e. The number of hydrogen-bond donors (Lipinski definition) is 1. The van der Waals surface area contributed by atoms with E-state index >= 15 is 0 Å². The predicted octanol–water partition coefficient (Wildman–Crippen LogP) is 2.09. The number of aryl methyl sites for hydroxylation is 3. The van der Waals surface area contributed by atoms with Gasteiger partial charge in [-0.15, -0.1) is 0 Å². The van der Waals surface area contributed by atoms with Gasteiger partial charge in [0, 0.05) is 19.7 Å². The fourth-order valence-electron chi connectivity index (χ4n) is 2.04. The van der Waals surface area contributed by atoms with Gasteiger partial charge in [0.2, 0.25) is 0 Å². The summed E-state index contributed by atoms with van der Waals surface area (Å²) in [7, 11) is 1.94. The third-order valence-electron chi connectivity index (χ3n) is 3.09. The van der Waals surface area contributed by atoms with E-state index in [9.17, 15) is 0 Å². The molecule has 0 aliphatic carbocycles. The average molecular weight is 324 g/mol. The largest absolute Gasteiger partial charge is 0.322 e. The van der Waals surface area contributed by atoms with Gasteiger partial charge in [0.1, 0.15) is 5.82 Å². The molecule has 0 spiro atoms. The molecule has 6 heteroatoms. The molecule has 0 amide bonds. The monoisotopic (exact) mass is 323 g/mol. The van der Waals surface area contributed by atoms with Crippen molar-refractivity contribution in [2.45, 2.75) is 32.7 Å². The van der Waals surface area contributed by atoms with Crippen LogP contribution in [-0.2, 0) is 19.9 Å². The van der Waals surface area contributed by atoms with Crippen LogP contribution < -0.4 is 5.73 Å². The lowest BCUT2D eigenvalue weighted by Gasteiger charge is -2.12. The highest BCUT2D eigenvalue weighted by molar-refractivity contribution is 9.10. The van der Waals surface area contributed by atoms with Crippen LogP contribution in [0.4, 0.5) is 0 Å². The van der Waals surface area contributed by atoms with E-state index in [0.717, 1.165) is 33.8 Å². The second-order valence-corrected chi connectivity index (χ2v) is 5.32. The van der Waals surface area contributed by atoms with Crippen molar-refractivity contribution >= 4 is 15.9 Å². The van der Waals surface area contributed by atoms with E-state index in [0.29, 0.717) is 6.42 Å². The van der Waals surface area contributed by atoms with Crippen molar-refractivity contribution in [3.63, 3.8) is 0 Å². The highest BCUT2D eigenvalue weighted by Crippen LogP contribution is 2.25. The first-order valence-electron chi connectivity index (χ1n) is 6.28. The Balaban J connectivity index is 2.24. The van der Waals surface area contributed by atoms with Gasteiger partial charge in [-0.25, -0.2) is 9.97 Å². The summed E-state index contributed by atoms with van der Waals surface area (Å²) < 4.78 is 2.94. The predicted molar refractivity (Wildman–Crippen MR) is 77.7 cm³/mol. The molecule has 0 radical (unpaired) electrons. The Bertz CT molecular complexity index is 578. The van der Waals surface area contributed by atoms with Crippen LogP contribution in [0.2, 0.25) is 0 Å². The molecule has 1 atom stereocenters. The van der Waals surface area contributed by atoms with E-state index in [2.05, 4.69) is 37.9 Å². The Labute approximate surface area is 121 Å². The molecule has 5 nitrogen and oxygen atoms in total. The van der Waals surface area contributed by atoms with Crippen molar-refractivity contribution < 1.29 is 0 Å². The molecule has 0 bridgehead atoms. The highest BCUT2D eigenvalue weighted by Gasteiger charge is 2.17. The normalized spacial score (nSPS) is 12.7. The molecule has 2 rings (SSSR count). The van der Waals surface area contributed by atoms with Crippen LogP contribution in [0.15, 0.2) is 16.7 Å². The van der Waals surface area contributed by atoms with Crippen LogP contribution in [0.5, 0.6) is 0 Å². The van der Waals surface area contributed by atoms with Crippen LogP contribution in [0, 0.1) is 6.92 Å². The molecule has 19 heavy (non-hydrogen) atoms. The molecule has 2 aromatic rings. The Morgan fingerprint density at radius 1 is 1.47 bits per heavy atom. The number of nitrogens with zero attached hydrogens (tertiary/aromatic N) is 4. The average Bonchev–Trinajstić information content (AvgIpc) is 2.66. The van der Waals surface area contributed by atoms with E-state index in [-0.39, 0.29) is 6.04 Å². The van der Waals surface area contributed by atoms with Crippen LogP contribution in [0.1, 0.15) is 35.9 Å². The van der Waals surface area contributed by atoms with Crippen LogP contribution in [-0.4, -0.2) is 19.7 Å². The Kier molecular flexibility index (Phi) is 4.31. The molecule has 102 valence electrons. The van der Waals surface area contributed by atoms with Crippen LogP contribution in [0.25, 0.3) is 0 Å². The van der Waals surface area contributed by atoms with Crippen molar-refractivity contribution in [1.82, 2.24) is 19.7 Å². The van der Waals surface area contributed by atoms with Crippen molar-refractivity contribution in [3.05, 3.63) is 39.6 Å². The van der Waals surface area contributed by atoms with Gasteiger partial charge in [0.15, 0.2) is 0 Å². The summed E-state index contributed by atoms with van der Waals surface area (Å²) in [5, 5.41) is 4.47. The molecular formula is C13H18BrN5. The third kappa shape index (κ3) is 3.01. The van der Waals surface area contributed by atoms with Crippen molar-refractivity contribution in [2.24, 2.45) is 12.8 Å². The van der Waals surface area contributed by atoms with Gasteiger partial charge < -0.3 is 5.73 Å². The highest BCUT2D eigenvalue weighted by atomic mass is 79.9. The molecule has 0 aromatic carbocycles. The van der Waals surface area contributed by atoms with Gasteiger partial charge in [-0.1, -0.05) is 6.92 Å². The van der Waals surface area contributed by atoms with Gasteiger partial charge >= 0.3 is 0 Å². The molecule has 2 N–H and O–H groups in total. The molecule has 0 saturated heterocycles. The summed E-state index contributed by atoms with van der Waals surface area (Å²) in [4.78, 5) is 8.46. The number of aromatic nitrogens is 4. The van der Waals surface area contributed by atoms with Gasteiger partial charge in [0.25, 0.3) is 0 Å². The first-order chi connectivity index (χ1) is 9.02. The first kappa shape index (κ1) is 14.1. The van der Waals surface area contributed by atoms with Crippen LogP contribution in [0.3, 0.4) is 0 Å². The van der Waals surface area contributed by atoms with Gasteiger partial charge in [-0.05, 0) is 35.3 Å². The zero-order chi connectivity index (χ0) is 14.0. The van der Waals surface area contributed by atoms with Crippen molar-refractivity contribution in [1.29, 1.82) is 0 Å². The van der Waals surface area contributed by atoms with Gasteiger partial charge in [-0.3, -0.25) is 4.68 Å². The zero-order valence-corrected chi connectivity index (χ0v) is 13.0. The fourth-order valence-corrected chi connectivity index (χ4v) is 2.81. The third-order valence-corrected chi connectivity index (χ3v) is 4.01. The maximum Gasteiger partial charge on any atom is 0.125 e. The van der Waals surface area contributed by atoms with E-state index in [1.165, 1.54) is 0 Å². The summed E-state index contributed by atoms with van der Waals surface area (Å²) in [6, 6.07) is 1.71. The summed E-state index contributed by atoms with van der Waals surface area (Å²) in [6.07, 6.45) is 3.34. The van der Waals surface area contributed by atoms with E-state index in [1.54, 1.807) is 6.20 Å². The molecule has 0 aliphatic heterocycles. The fraction of sp³-hybridized carbons (Fsp3) is 0.462.